The molecule has 1 amide bonds. The number of rotatable bonds is 5. The molecule has 0 saturated heterocycles. The van der Waals surface area contributed by atoms with Gasteiger partial charge < -0.3 is 10.1 Å². The summed E-state index contributed by atoms with van der Waals surface area (Å²) in [5.41, 5.74) is 1.34. The normalized spacial score (nSPS) is 11.4. The molecular formula is C18H17NO4. The van der Waals surface area contributed by atoms with E-state index < -0.39 is 12.1 Å². The molecule has 5 heteroatoms. The summed E-state index contributed by atoms with van der Waals surface area (Å²) in [7, 11) is 1.47. The third kappa shape index (κ3) is 4.03. The highest BCUT2D eigenvalue weighted by atomic mass is 16.5. The van der Waals surface area contributed by atoms with Gasteiger partial charge in [-0.25, -0.2) is 4.79 Å². The SMILES string of the molecule is CNC(=O)[C@@H](C)OC(=O)c1ccc(C(=O)c2ccccc2)cc1. The van der Waals surface area contributed by atoms with Gasteiger partial charge in [0.15, 0.2) is 11.9 Å². The lowest BCUT2D eigenvalue weighted by Gasteiger charge is -2.11. The van der Waals surface area contributed by atoms with E-state index in [1.807, 2.05) is 6.07 Å². The second-order valence-electron chi connectivity index (χ2n) is 4.93. The Morgan fingerprint density at radius 1 is 0.870 bits per heavy atom. The summed E-state index contributed by atoms with van der Waals surface area (Å²) in [4.78, 5) is 35.5. The second-order valence-corrected chi connectivity index (χ2v) is 4.93. The van der Waals surface area contributed by atoms with Gasteiger partial charge >= 0.3 is 5.97 Å². The van der Waals surface area contributed by atoms with E-state index in [1.54, 1.807) is 36.4 Å². The lowest BCUT2D eigenvalue weighted by Crippen LogP contribution is -2.33. The highest BCUT2D eigenvalue weighted by molar-refractivity contribution is 6.09. The fourth-order valence-corrected chi connectivity index (χ4v) is 2.00. The Hall–Kier alpha value is -2.95. The molecule has 0 spiro atoms. The molecule has 0 aliphatic heterocycles. The molecule has 2 aromatic carbocycles. The standard InChI is InChI=1S/C18H17NO4/c1-12(17(21)19-2)23-18(22)15-10-8-14(9-11-15)16(20)13-6-4-3-5-7-13/h3-12H,1-2H3,(H,19,21)/t12-/m1/s1. The zero-order chi connectivity index (χ0) is 16.8. The van der Waals surface area contributed by atoms with Crippen molar-refractivity contribution < 1.29 is 19.1 Å². The molecule has 0 saturated carbocycles. The third-order valence-electron chi connectivity index (χ3n) is 3.32. The second kappa shape index (κ2) is 7.35. The number of hydrogen-bond acceptors (Lipinski definition) is 4. The van der Waals surface area contributed by atoms with Gasteiger partial charge in [-0.15, -0.1) is 0 Å². The predicted molar refractivity (Wildman–Crippen MR) is 85.3 cm³/mol. The van der Waals surface area contributed by atoms with Crippen LogP contribution in [0.25, 0.3) is 0 Å². The Bertz CT molecular complexity index is 708. The first kappa shape index (κ1) is 16.4. The lowest BCUT2D eigenvalue weighted by atomic mass is 10.0. The van der Waals surface area contributed by atoms with Crippen molar-refractivity contribution in [3.8, 4) is 0 Å². The first-order valence-electron chi connectivity index (χ1n) is 7.15. The summed E-state index contributed by atoms with van der Waals surface area (Å²) in [5, 5.41) is 2.40. The van der Waals surface area contributed by atoms with Crippen LogP contribution in [0.1, 0.15) is 33.2 Å². The Balaban J connectivity index is 2.09. The lowest BCUT2D eigenvalue weighted by molar-refractivity contribution is -0.128. The highest BCUT2D eigenvalue weighted by Crippen LogP contribution is 2.12. The van der Waals surface area contributed by atoms with Gasteiger partial charge in [-0.3, -0.25) is 9.59 Å². The molecule has 0 heterocycles. The van der Waals surface area contributed by atoms with Crippen LogP contribution in [-0.2, 0) is 9.53 Å². The van der Waals surface area contributed by atoms with Crippen LogP contribution in [-0.4, -0.2) is 30.8 Å². The molecule has 23 heavy (non-hydrogen) atoms. The van der Waals surface area contributed by atoms with Crippen molar-refractivity contribution in [2.45, 2.75) is 13.0 Å². The quantitative estimate of drug-likeness (QED) is 0.679. The molecule has 2 aromatic rings. The number of ether oxygens (including phenoxy) is 1. The van der Waals surface area contributed by atoms with Gasteiger partial charge in [0.05, 0.1) is 5.56 Å². The molecule has 1 atom stereocenters. The zero-order valence-electron chi connectivity index (χ0n) is 12.9. The predicted octanol–water partition coefficient (Wildman–Crippen LogP) is 2.21. The van der Waals surface area contributed by atoms with Crippen LogP contribution in [0, 0.1) is 0 Å². The molecule has 0 unspecified atom stereocenters. The van der Waals surface area contributed by atoms with Crippen molar-refractivity contribution in [2.75, 3.05) is 7.05 Å². The first-order chi connectivity index (χ1) is 11.0. The topological polar surface area (TPSA) is 72.5 Å². The Morgan fingerprint density at radius 3 is 1.96 bits per heavy atom. The fourth-order valence-electron chi connectivity index (χ4n) is 2.00. The molecular weight excluding hydrogens is 294 g/mol. The van der Waals surface area contributed by atoms with Crippen LogP contribution >= 0.6 is 0 Å². The van der Waals surface area contributed by atoms with Gasteiger partial charge in [0.2, 0.25) is 0 Å². The van der Waals surface area contributed by atoms with E-state index in [2.05, 4.69) is 5.32 Å². The van der Waals surface area contributed by atoms with Crippen LogP contribution in [0.15, 0.2) is 54.6 Å². The number of esters is 1. The molecule has 1 N–H and O–H groups in total. The average molecular weight is 311 g/mol. The van der Waals surface area contributed by atoms with E-state index in [9.17, 15) is 14.4 Å². The number of likely N-dealkylation sites (N-methyl/N-ethyl adjacent to an activating group) is 1. The van der Waals surface area contributed by atoms with Crippen molar-refractivity contribution in [3.63, 3.8) is 0 Å². The molecule has 0 aliphatic rings. The largest absolute Gasteiger partial charge is 0.449 e. The number of amides is 1. The van der Waals surface area contributed by atoms with Crippen molar-refractivity contribution in [1.82, 2.24) is 5.32 Å². The summed E-state index contributed by atoms with van der Waals surface area (Å²) in [5.74, 6) is -1.11. The van der Waals surface area contributed by atoms with Gasteiger partial charge in [0, 0.05) is 18.2 Å². The van der Waals surface area contributed by atoms with E-state index >= 15 is 0 Å². The summed E-state index contributed by atoms with van der Waals surface area (Å²) in [6, 6.07) is 15.0. The summed E-state index contributed by atoms with van der Waals surface area (Å²) >= 11 is 0. The summed E-state index contributed by atoms with van der Waals surface area (Å²) in [6.45, 7) is 1.49. The van der Waals surface area contributed by atoms with Crippen molar-refractivity contribution in [3.05, 3.63) is 71.3 Å². The van der Waals surface area contributed by atoms with Crippen LogP contribution in [0.3, 0.4) is 0 Å². The maximum Gasteiger partial charge on any atom is 0.338 e. The minimum atomic E-state index is -0.877. The Labute approximate surface area is 134 Å². The maximum absolute atomic E-state index is 12.3. The number of hydrogen-bond donors (Lipinski definition) is 1. The van der Waals surface area contributed by atoms with Crippen molar-refractivity contribution in [1.29, 1.82) is 0 Å². The maximum atomic E-state index is 12.3. The minimum Gasteiger partial charge on any atom is -0.449 e. The van der Waals surface area contributed by atoms with E-state index in [0.29, 0.717) is 11.1 Å². The van der Waals surface area contributed by atoms with Crippen molar-refractivity contribution >= 4 is 17.7 Å². The number of ketones is 1. The molecule has 0 aliphatic carbocycles. The average Bonchev–Trinajstić information content (AvgIpc) is 2.61. The van der Waals surface area contributed by atoms with Crippen LogP contribution < -0.4 is 5.32 Å². The van der Waals surface area contributed by atoms with Crippen LogP contribution in [0.4, 0.5) is 0 Å². The van der Waals surface area contributed by atoms with Gasteiger partial charge in [-0.05, 0) is 19.1 Å². The van der Waals surface area contributed by atoms with Crippen LogP contribution in [0.5, 0.6) is 0 Å². The zero-order valence-corrected chi connectivity index (χ0v) is 12.9. The molecule has 5 nitrogen and oxygen atoms in total. The highest BCUT2D eigenvalue weighted by Gasteiger charge is 2.18. The van der Waals surface area contributed by atoms with E-state index in [0.717, 1.165) is 0 Å². The van der Waals surface area contributed by atoms with Crippen molar-refractivity contribution in [2.24, 2.45) is 0 Å². The van der Waals surface area contributed by atoms with E-state index in [-0.39, 0.29) is 17.3 Å². The molecule has 118 valence electrons. The number of carbonyl (C=O) groups is 3. The van der Waals surface area contributed by atoms with E-state index in [4.69, 9.17) is 4.74 Å². The first-order valence-corrected chi connectivity index (χ1v) is 7.15. The molecule has 0 bridgehead atoms. The summed E-state index contributed by atoms with van der Waals surface area (Å²) < 4.78 is 5.04. The minimum absolute atomic E-state index is 0.121. The number of carbonyl (C=O) groups excluding carboxylic acids is 3. The van der Waals surface area contributed by atoms with Gasteiger partial charge in [0.1, 0.15) is 0 Å². The fraction of sp³-hybridized carbons (Fsp3) is 0.167. The molecule has 2 rings (SSSR count). The monoisotopic (exact) mass is 311 g/mol. The number of nitrogens with one attached hydrogen (secondary N) is 1. The summed E-state index contributed by atoms with van der Waals surface area (Å²) in [6.07, 6.45) is -0.877. The molecule has 0 radical (unpaired) electrons. The third-order valence-corrected chi connectivity index (χ3v) is 3.32. The molecule has 0 fully saturated rings. The smallest absolute Gasteiger partial charge is 0.338 e. The molecule has 0 aromatic heterocycles. The Morgan fingerprint density at radius 2 is 1.39 bits per heavy atom. The Kier molecular flexibility index (Phi) is 5.25. The van der Waals surface area contributed by atoms with Gasteiger partial charge in [0.25, 0.3) is 5.91 Å². The van der Waals surface area contributed by atoms with E-state index in [1.165, 1.54) is 26.1 Å². The van der Waals surface area contributed by atoms with Gasteiger partial charge in [-0.2, -0.15) is 0 Å². The van der Waals surface area contributed by atoms with Gasteiger partial charge in [-0.1, -0.05) is 42.5 Å². The van der Waals surface area contributed by atoms with Crippen LogP contribution in [0.2, 0.25) is 0 Å². The number of benzene rings is 2.